The van der Waals surface area contributed by atoms with Gasteiger partial charge in [-0.1, -0.05) is 23.2 Å². The highest BCUT2D eigenvalue weighted by Crippen LogP contribution is 2.25. The molecule has 0 unspecified atom stereocenters. The standard InChI is InChI=1S/C16H22Cl2N8O/c1-25(2)14-22-13(23-15(24-14)26(3)4)19-7-8-20-16(27)21-12-6-5-10(17)9-11(12)18/h5-6,9H,7-8H2,1-4H3,(H2,20,21,27)(H,19,22,23,24). The van der Waals surface area contributed by atoms with Crippen molar-refractivity contribution < 1.29 is 4.79 Å². The van der Waals surface area contributed by atoms with E-state index in [2.05, 4.69) is 30.9 Å². The van der Waals surface area contributed by atoms with Gasteiger partial charge >= 0.3 is 6.03 Å². The molecule has 0 bridgehead atoms. The fourth-order valence-corrected chi connectivity index (χ4v) is 2.40. The summed E-state index contributed by atoms with van der Waals surface area (Å²) in [6.07, 6.45) is 0. The Morgan fingerprint density at radius 3 is 2.19 bits per heavy atom. The minimum absolute atomic E-state index is 0.358. The van der Waals surface area contributed by atoms with Crippen molar-refractivity contribution in [3.63, 3.8) is 0 Å². The number of hydrogen-bond acceptors (Lipinski definition) is 7. The highest BCUT2D eigenvalue weighted by Gasteiger charge is 2.10. The topological polar surface area (TPSA) is 98.3 Å². The van der Waals surface area contributed by atoms with Crippen LogP contribution in [-0.4, -0.2) is 62.3 Å². The first-order valence-corrected chi connectivity index (χ1v) is 8.86. The van der Waals surface area contributed by atoms with Gasteiger partial charge in [-0.15, -0.1) is 0 Å². The lowest BCUT2D eigenvalue weighted by Crippen LogP contribution is -2.33. The molecule has 27 heavy (non-hydrogen) atoms. The van der Waals surface area contributed by atoms with Gasteiger partial charge in [-0.05, 0) is 18.2 Å². The Morgan fingerprint density at radius 1 is 1.00 bits per heavy atom. The number of nitrogens with one attached hydrogen (secondary N) is 3. The van der Waals surface area contributed by atoms with Crippen molar-refractivity contribution >= 4 is 52.8 Å². The van der Waals surface area contributed by atoms with Gasteiger partial charge in [0.1, 0.15) is 0 Å². The molecular weight excluding hydrogens is 391 g/mol. The fourth-order valence-electron chi connectivity index (χ4n) is 1.94. The average Bonchev–Trinajstić information content (AvgIpc) is 2.61. The van der Waals surface area contributed by atoms with Gasteiger partial charge in [0.05, 0.1) is 10.7 Å². The van der Waals surface area contributed by atoms with Crippen LogP contribution in [0.15, 0.2) is 18.2 Å². The van der Waals surface area contributed by atoms with Crippen LogP contribution in [0, 0.1) is 0 Å². The molecule has 0 saturated heterocycles. The zero-order valence-electron chi connectivity index (χ0n) is 15.5. The first kappa shape index (κ1) is 20.8. The fraction of sp³-hybridized carbons (Fsp3) is 0.375. The van der Waals surface area contributed by atoms with Gasteiger partial charge in [-0.2, -0.15) is 15.0 Å². The lowest BCUT2D eigenvalue weighted by Gasteiger charge is -2.16. The molecule has 0 aliphatic carbocycles. The monoisotopic (exact) mass is 412 g/mol. The summed E-state index contributed by atoms with van der Waals surface area (Å²) >= 11 is 11.9. The molecule has 3 N–H and O–H groups in total. The summed E-state index contributed by atoms with van der Waals surface area (Å²) in [5.41, 5.74) is 0.482. The van der Waals surface area contributed by atoms with Crippen molar-refractivity contribution in [3.05, 3.63) is 28.2 Å². The summed E-state index contributed by atoms with van der Waals surface area (Å²) in [7, 11) is 7.41. The number of urea groups is 1. The van der Waals surface area contributed by atoms with Crippen molar-refractivity contribution in [2.24, 2.45) is 0 Å². The van der Waals surface area contributed by atoms with Crippen molar-refractivity contribution in [1.29, 1.82) is 0 Å². The van der Waals surface area contributed by atoms with Crippen LogP contribution in [0.3, 0.4) is 0 Å². The van der Waals surface area contributed by atoms with E-state index in [1.54, 1.807) is 28.0 Å². The molecule has 2 aromatic rings. The predicted octanol–water partition coefficient (Wildman–Crippen LogP) is 2.54. The number of nitrogens with zero attached hydrogens (tertiary/aromatic N) is 5. The average molecular weight is 413 g/mol. The molecule has 146 valence electrons. The van der Waals surface area contributed by atoms with Gasteiger partial charge < -0.3 is 25.8 Å². The Hall–Kier alpha value is -2.52. The summed E-state index contributed by atoms with van der Waals surface area (Å²) in [6, 6.07) is 4.47. The summed E-state index contributed by atoms with van der Waals surface area (Å²) in [6.45, 7) is 0.794. The maximum absolute atomic E-state index is 12.0. The lowest BCUT2D eigenvalue weighted by molar-refractivity contribution is 0.252. The largest absolute Gasteiger partial charge is 0.352 e. The molecule has 0 atom stereocenters. The van der Waals surface area contributed by atoms with Crippen molar-refractivity contribution in [3.8, 4) is 0 Å². The molecule has 1 heterocycles. The van der Waals surface area contributed by atoms with E-state index in [9.17, 15) is 4.79 Å². The molecular formula is C16H22Cl2N8O. The maximum atomic E-state index is 12.0. The Balaban J connectivity index is 1.86. The van der Waals surface area contributed by atoms with E-state index < -0.39 is 0 Å². The van der Waals surface area contributed by atoms with Crippen LogP contribution in [0.1, 0.15) is 0 Å². The Bertz CT molecular complexity index is 774. The molecule has 0 aliphatic heterocycles. The van der Waals surface area contributed by atoms with E-state index in [1.807, 2.05) is 28.2 Å². The first-order valence-electron chi connectivity index (χ1n) is 8.10. The second-order valence-corrected chi connectivity index (χ2v) is 6.82. The van der Waals surface area contributed by atoms with Crippen LogP contribution in [0.4, 0.5) is 28.3 Å². The number of anilines is 4. The zero-order chi connectivity index (χ0) is 20.0. The third kappa shape index (κ3) is 6.30. The second kappa shape index (κ2) is 9.43. The van der Waals surface area contributed by atoms with E-state index in [0.717, 1.165) is 0 Å². The quantitative estimate of drug-likeness (QED) is 0.600. The SMILES string of the molecule is CN(C)c1nc(NCCNC(=O)Nc2ccc(Cl)cc2Cl)nc(N(C)C)n1. The van der Waals surface area contributed by atoms with E-state index in [1.165, 1.54) is 0 Å². The van der Waals surface area contributed by atoms with Crippen LogP contribution in [0.2, 0.25) is 10.0 Å². The van der Waals surface area contributed by atoms with E-state index in [4.69, 9.17) is 23.2 Å². The van der Waals surface area contributed by atoms with Crippen LogP contribution in [-0.2, 0) is 0 Å². The Morgan fingerprint density at radius 2 is 1.63 bits per heavy atom. The predicted molar refractivity (Wildman–Crippen MR) is 110 cm³/mol. The second-order valence-electron chi connectivity index (χ2n) is 5.98. The molecule has 0 fully saturated rings. The summed E-state index contributed by atoms with van der Waals surface area (Å²) in [5.74, 6) is 1.51. The Kier molecular flexibility index (Phi) is 7.26. The number of hydrogen-bond donors (Lipinski definition) is 3. The summed E-state index contributed by atoms with van der Waals surface area (Å²) in [4.78, 5) is 28.5. The number of aromatic nitrogens is 3. The highest BCUT2D eigenvalue weighted by atomic mass is 35.5. The van der Waals surface area contributed by atoms with Crippen molar-refractivity contribution in [2.75, 3.05) is 61.7 Å². The molecule has 9 nitrogen and oxygen atoms in total. The van der Waals surface area contributed by atoms with Crippen LogP contribution >= 0.6 is 23.2 Å². The van der Waals surface area contributed by atoms with Crippen LogP contribution in [0.5, 0.6) is 0 Å². The van der Waals surface area contributed by atoms with Gasteiger partial charge in [0, 0.05) is 46.3 Å². The molecule has 2 rings (SSSR count). The van der Waals surface area contributed by atoms with Gasteiger partial charge in [-0.25, -0.2) is 4.79 Å². The molecule has 0 aliphatic rings. The minimum Gasteiger partial charge on any atom is -0.352 e. The number of rotatable bonds is 7. The van der Waals surface area contributed by atoms with Crippen LogP contribution < -0.4 is 25.8 Å². The van der Waals surface area contributed by atoms with Crippen LogP contribution in [0.25, 0.3) is 0 Å². The normalized spacial score (nSPS) is 10.3. The maximum Gasteiger partial charge on any atom is 0.319 e. The number of halogens is 2. The van der Waals surface area contributed by atoms with E-state index >= 15 is 0 Å². The Labute approximate surface area is 168 Å². The van der Waals surface area contributed by atoms with E-state index in [0.29, 0.717) is 46.7 Å². The van der Waals surface area contributed by atoms with Crippen molar-refractivity contribution in [2.45, 2.75) is 0 Å². The number of carbonyl (C=O) groups is 1. The lowest BCUT2D eigenvalue weighted by atomic mass is 10.3. The number of carbonyl (C=O) groups excluding carboxylic acids is 1. The molecule has 0 spiro atoms. The molecule has 1 aromatic heterocycles. The van der Waals surface area contributed by atoms with Gasteiger partial charge in [0.2, 0.25) is 17.8 Å². The minimum atomic E-state index is -0.375. The summed E-state index contributed by atoms with van der Waals surface area (Å²) < 4.78 is 0. The molecule has 11 heteroatoms. The molecule has 0 radical (unpaired) electrons. The zero-order valence-corrected chi connectivity index (χ0v) is 17.1. The first-order chi connectivity index (χ1) is 12.8. The van der Waals surface area contributed by atoms with Gasteiger partial charge in [0.25, 0.3) is 0 Å². The van der Waals surface area contributed by atoms with E-state index in [-0.39, 0.29) is 6.03 Å². The van der Waals surface area contributed by atoms with Crippen molar-refractivity contribution in [1.82, 2.24) is 20.3 Å². The smallest absolute Gasteiger partial charge is 0.319 e. The summed E-state index contributed by atoms with van der Waals surface area (Å²) in [5, 5.41) is 9.33. The van der Waals surface area contributed by atoms with Gasteiger partial charge in [0.15, 0.2) is 0 Å². The number of benzene rings is 1. The molecule has 1 aromatic carbocycles. The number of amides is 2. The third-order valence-corrected chi connectivity index (χ3v) is 3.83. The third-order valence-electron chi connectivity index (χ3n) is 3.28. The molecule has 2 amide bonds. The highest BCUT2D eigenvalue weighted by molar-refractivity contribution is 6.36. The molecule has 0 saturated carbocycles. The van der Waals surface area contributed by atoms with Gasteiger partial charge in [-0.3, -0.25) is 0 Å².